The molecule has 9 heteroatoms. The van der Waals surface area contributed by atoms with Crippen molar-refractivity contribution in [1.29, 1.82) is 0 Å². The molecule has 0 radical (unpaired) electrons. The SMILES string of the molecule is O=C(C[C@@H]1CSc2nc3c(cnn3-c3ccccc3)c(=O)n21)NCc1cccs1. The van der Waals surface area contributed by atoms with Gasteiger partial charge in [0.15, 0.2) is 10.8 Å². The zero-order valence-electron chi connectivity index (χ0n) is 15.3. The number of thiophene rings is 1. The van der Waals surface area contributed by atoms with Gasteiger partial charge in [0.25, 0.3) is 5.56 Å². The minimum absolute atomic E-state index is 0.0659. The van der Waals surface area contributed by atoms with E-state index < -0.39 is 0 Å². The third-order valence-corrected chi connectivity index (χ3v) is 6.81. The molecule has 0 saturated heterocycles. The molecule has 3 aromatic heterocycles. The average molecular weight is 424 g/mol. The van der Waals surface area contributed by atoms with Crippen molar-refractivity contribution in [2.75, 3.05) is 5.75 Å². The summed E-state index contributed by atoms with van der Waals surface area (Å²) in [6.45, 7) is 0.513. The third kappa shape index (κ3) is 3.36. The van der Waals surface area contributed by atoms with E-state index in [1.807, 2.05) is 47.8 Å². The van der Waals surface area contributed by atoms with Gasteiger partial charge in [-0.2, -0.15) is 5.10 Å². The zero-order valence-corrected chi connectivity index (χ0v) is 16.9. The van der Waals surface area contributed by atoms with Crippen LogP contribution in [0, 0.1) is 0 Å². The molecule has 1 aromatic carbocycles. The standard InChI is InChI=1S/C20H17N5O2S2/c26-17(21-10-15-7-4-8-28-15)9-14-12-29-20-23-18-16(19(27)24(14)20)11-22-25(18)13-5-2-1-3-6-13/h1-8,11,14H,9-10,12H2,(H,21,26)/t14-/m1/s1. The number of para-hydroxylation sites is 1. The van der Waals surface area contributed by atoms with Crippen LogP contribution in [0.5, 0.6) is 0 Å². The number of nitrogens with one attached hydrogen (secondary N) is 1. The van der Waals surface area contributed by atoms with Gasteiger partial charge in [-0.05, 0) is 23.6 Å². The van der Waals surface area contributed by atoms with Crippen LogP contribution >= 0.6 is 23.1 Å². The summed E-state index contributed by atoms with van der Waals surface area (Å²) >= 11 is 3.11. The monoisotopic (exact) mass is 423 g/mol. The first-order valence-corrected chi connectivity index (χ1v) is 11.0. The number of thioether (sulfide) groups is 1. The normalized spacial score (nSPS) is 15.5. The molecule has 0 bridgehead atoms. The van der Waals surface area contributed by atoms with Crippen molar-refractivity contribution in [2.24, 2.45) is 0 Å². The molecule has 146 valence electrons. The van der Waals surface area contributed by atoms with Gasteiger partial charge in [-0.25, -0.2) is 9.67 Å². The van der Waals surface area contributed by atoms with Crippen LogP contribution in [-0.2, 0) is 11.3 Å². The van der Waals surface area contributed by atoms with Gasteiger partial charge in [-0.1, -0.05) is 36.0 Å². The van der Waals surface area contributed by atoms with Crippen LogP contribution in [0.15, 0.2) is 64.0 Å². The number of rotatable bonds is 5. The van der Waals surface area contributed by atoms with Crippen LogP contribution in [0.1, 0.15) is 17.3 Å². The van der Waals surface area contributed by atoms with Gasteiger partial charge in [0, 0.05) is 17.1 Å². The highest BCUT2D eigenvalue weighted by molar-refractivity contribution is 7.99. The Morgan fingerprint density at radius 3 is 2.86 bits per heavy atom. The molecule has 5 rings (SSSR count). The smallest absolute Gasteiger partial charge is 0.265 e. The lowest BCUT2D eigenvalue weighted by atomic mass is 10.2. The highest BCUT2D eigenvalue weighted by atomic mass is 32.2. The molecular weight excluding hydrogens is 406 g/mol. The molecule has 0 aliphatic carbocycles. The molecule has 1 aliphatic rings. The Hall–Kier alpha value is -2.91. The molecule has 4 aromatic rings. The fraction of sp³-hybridized carbons (Fsp3) is 0.200. The fourth-order valence-corrected chi connectivity index (χ4v) is 5.20. The number of hydrogen-bond donors (Lipinski definition) is 1. The molecular formula is C20H17N5O2S2. The lowest BCUT2D eigenvalue weighted by molar-refractivity contribution is -0.121. The van der Waals surface area contributed by atoms with Crippen LogP contribution in [0.25, 0.3) is 16.7 Å². The molecule has 1 atom stereocenters. The minimum Gasteiger partial charge on any atom is -0.351 e. The second-order valence-corrected chi connectivity index (χ2v) is 8.74. The number of carbonyl (C=O) groups is 1. The van der Waals surface area contributed by atoms with Crippen LogP contribution in [0.2, 0.25) is 0 Å². The summed E-state index contributed by atoms with van der Waals surface area (Å²) in [6, 6.07) is 13.4. The molecule has 1 amide bonds. The molecule has 29 heavy (non-hydrogen) atoms. The van der Waals surface area contributed by atoms with E-state index in [9.17, 15) is 9.59 Å². The Balaban J connectivity index is 1.42. The maximum absolute atomic E-state index is 13.1. The fourth-order valence-electron chi connectivity index (χ4n) is 3.42. The maximum Gasteiger partial charge on any atom is 0.265 e. The lowest BCUT2D eigenvalue weighted by Gasteiger charge is -2.13. The number of fused-ring (bicyclic) bond motifs is 2. The number of carbonyl (C=O) groups excluding carboxylic acids is 1. The second kappa shape index (κ2) is 7.49. The quantitative estimate of drug-likeness (QED) is 0.499. The van der Waals surface area contributed by atoms with E-state index in [4.69, 9.17) is 4.98 Å². The van der Waals surface area contributed by atoms with Gasteiger partial charge in [0.05, 0.1) is 24.5 Å². The number of amides is 1. The first kappa shape index (κ1) is 18.1. The first-order chi connectivity index (χ1) is 14.2. The number of hydrogen-bond acceptors (Lipinski definition) is 6. The third-order valence-electron chi connectivity index (χ3n) is 4.83. The molecule has 1 N–H and O–H groups in total. The van der Waals surface area contributed by atoms with E-state index in [0.717, 1.165) is 10.6 Å². The van der Waals surface area contributed by atoms with Crippen molar-refractivity contribution in [3.8, 4) is 5.69 Å². The van der Waals surface area contributed by atoms with Crippen molar-refractivity contribution in [3.05, 3.63) is 69.3 Å². The van der Waals surface area contributed by atoms with Crippen molar-refractivity contribution in [1.82, 2.24) is 24.6 Å². The summed E-state index contributed by atoms with van der Waals surface area (Å²) in [5.74, 6) is 0.587. The maximum atomic E-state index is 13.1. The van der Waals surface area contributed by atoms with E-state index in [1.165, 1.54) is 11.8 Å². The predicted molar refractivity (Wildman–Crippen MR) is 114 cm³/mol. The van der Waals surface area contributed by atoms with Crippen molar-refractivity contribution in [2.45, 2.75) is 24.2 Å². The molecule has 1 aliphatic heterocycles. The Labute approximate surface area is 174 Å². The van der Waals surface area contributed by atoms with Crippen LogP contribution < -0.4 is 10.9 Å². The van der Waals surface area contributed by atoms with Crippen molar-refractivity contribution < 1.29 is 4.79 Å². The summed E-state index contributed by atoms with van der Waals surface area (Å²) in [6.07, 6.45) is 1.81. The predicted octanol–water partition coefficient (Wildman–Crippen LogP) is 3.00. The Morgan fingerprint density at radius 2 is 2.07 bits per heavy atom. The first-order valence-electron chi connectivity index (χ1n) is 9.18. The van der Waals surface area contributed by atoms with Crippen LogP contribution in [0.4, 0.5) is 0 Å². The molecule has 0 unspecified atom stereocenters. The van der Waals surface area contributed by atoms with Crippen molar-refractivity contribution in [3.63, 3.8) is 0 Å². The van der Waals surface area contributed by atoms with Crippen LogP contribution in [0.3, 0.4) is 0 Å². The number of aromatic nitrogens is 4. The summed E-state index contributed by atoms with van der Waals surface area (Å²) in [4.78, 5) is 31.3. The molecule has 7 nitrogen and oxygen atoms in total. The minimum atomic E-state index is -0.206. The van der Waals surface area contributed by atoms with E-state index in [1.54, 1.807) is 26.8 Å². The Kier molecular flexibility index (Phi) is 4.69. The second-order valence-electron chi connectivity index (χ2n) is 6.72. The average Bonchev–Trinajstić information content (AvgIpc) is 3.48. The van der Waals surface area contributed by atoms with Gasteiger partial charge in [0.2, 0.25) is 5.91 Å². The highest BCUT2D eigenvalue weighted by Gasteiger charge is 2.29. The van der Waals surface area contributed by atoms with Gasteiger partial charge < -0.3 is 5.32 Å². The van der Waals surface area contributed by atoms with E-state index in [0.29, 0.717) is 28.5 Å². The van der Waals surface area contributed by atoms with E-state index in [-0.39, 0.29) is 23.9 Å². The molecule has 0 saturated carbocycles. The van der Waals surface area contributed by atoms with Crippen LogP contribution in [-0.4, -0.2) is 31.0 Å². The Bertz CT molecular complexity index is 1230. The highest BCUT2D eigenvalue weighted by Crippen LogP contribution is 2.33. The topological polar surface area (TPSA) is 81.8 Å². The molecule has 4 heterocycles. The Morgan fingerprint density at radius 1 is 1.21 bits per heavy atom. The lowest BCUT2D eigenvalue weighted by Crippen LogP contribution is -2.30. The van der Waals surface area contributed by atoms with Gasteiger partial charge in [-0.3, -0.25) is 14.2 Å². The zero-order chi connectivity index (χ0) is 19.8. The summed E-state index contributed by atoms with van der Waals surface area (Å²) in [5, 5.41) is 10.4. The van der Waals surface area contributed by atoms with E-state index in [2.05, 4.69) is 10.4 Å². The van der Waals surface area contributed by atoms with Crippen molar-refractivity contribution >= 4 is 40.0 Å². The largest absolute Gasteiger partial charge is 0.351 e. The summed E-state index contributed by atoms with van der Waals surface area (Å²) in [5.41, 5.74) is 1.25. The van der Waals surface area contributed by atoms with Gasteiger partial charge in [0.1, 0.15) is 5.39 Å². The van der Waals surface area contributed by atoms with Gasteiger partial charge in [-0.15, -0.1) is 11.3 Å². The molecule has 0 fully saturated rings. The number of nitrogens with zero attached hydrogens (tertiary/aromatic N) is 4. The van der Waals surface area contributed by atoms with E-state index >= 15 is 0 Å². The number of benzene rings is 1. The molecule has 0 spiro atoms. The summed E-state index contributed by atoms with van der Waals surface area (Å²) in [7, 11) is 0. The summed E-state index contributed by atoms with van der Waals surface area (Å²) < 4.78 is 3.33. The van der Waals surface area contributed by atoms with Gasteiger partial charge >= 0.3 is 0 Å².